The lowest BCUT2D eigenvalue weighted by molar-refractivity contribution is 0.254. The zero-order chi connectivity index (χ0) is 5.82. The monoisotopic (exact) mass is 169 g/mol. The van der Waals surface area contributed by atoms with Gasteiger partial charge in [-0.15, -0.1) is 12.4 Å². The van der Waals surface area contributed by atoms with Crippen molar-refractivity contribution in [3.63, 3.8) is 0 Å². The minimum atomic E-state index is 0. The number of thioether (sulfide) groups is 1. The van der Waals surface area contributed by atoms with Crippen LogP contribution in [0.15, 0.2) is 0 Å². The second kappa shape index (κ2) is 5.35. The fourth-order valence-electron chi connectivity index (χ4n) is 0.737. The smallest absolute Gasteiger partial charge is 0.0592 e. The average molecular weight is 170 g/mol. The molecule has 1 aliphatic rings. The van der Waals surface area contributed by atoms with Crippen LogP contribution < -0.4 is 5.32 Å². The van der Waals surface area contributed by atoms with Crippen molar-refractivity contribution in [2.75, 3.05) is 24.7 Å². The van der Waals surface area contributed by atoms with Crippen LogP contribution in [-0.4, -0.2) is 35.8 Å². The van der Waals surface area contributed by atoms with E-state index in [9.17, 15) is 0 Å². The topological polar surface area (TPSA) is 32.3 Å². The van der Waals surface area contributed by atoms with Crippen molar-refractivity contribution in [1.29, 1.82) is 0 Å². The van der Waals surface area contributed by atoms with Crippen LogP contribution in [0.1, 0.15) is 0 Å². The third kappa shape index (κ3) is 3.30. The normalized spacial score (nSPS) is 27.0. The lowest BCUT2D eigenvalue weighted by Gasteiger charge is -2.20. The van der Waals surface area contributed by atoms with Gasteiger partial charge < -0.3 is 10.4 Å². The standard InChI is InChI=1S/C5H11NOS.ClH/c7-3-5-4-8-2-1-6-5;/h5-7H,1-4H2;1H. The Labute approximate surface area is 65.8 Å². The second-order valence-electron chi connectivity index (χ2n) is 1.91. The van der Waals surface area contributed by atoms with E-state index in [0.29, 0.717) is 6.04 Å². The van der Waals surface area contributed by atoms with Crippen LogP contribution in [0, 0.1) is 0 Å². The maximum absolute atomic E-state index is 8.62. The molecule has 0 spiro atoms. The van der Waals surface area contributed by atoms with E-state index in [2.05, 4.69) is 5.32 Å². The van der Waals surface area contributed by atoms with E-state index in [-0.39, 0.29) is 19.0 Å². The molecule has 1 fully saturated rings. The average Bonchev–Trinajstić information content (AvgIpc) is 1.90. The summed E-state index contributed by atoms with van der Waals surface area (Å²) in [4.78, 5) is 0. The van der Waals surface area contributed by atoms with Gasteiger partial charge in [-0.2, -0.15) is 11.8 Å². The number of aliphatic hydroxyl groups excluding tert-OH is 1. The van der Waals surface area contributed by atoms with Crippen molar-refractivity contribution in [3.05, 3.63) is 0 Å². The Morgan fingerprint density at radius 2 is 2.44 bits per heavy atom. The van der Waals surface area contributed by atoms with Crippen LogP contribution in [0.4, 0.5) is 0 Å². The number of halogens is 1. The molecule has 1 heterocycles. The van der Waals surface area contributed by atoms with Gasteiger partial charge in [-0.05, 0) is 0 Å². The van der Waals surface area contributed by atoms with Gasteiger partial charge in [0, 0.05) is 24.1 Å². The molecule has 1 aliphatic heterocycles. The Hall–Kier alpha value is 0.560. The summed E-state index contributed by atoms with van der Waals surface area (Å²) < 4.78 is 0. The van der Waals surface area contributed by atoms with Gasteiger partial charge in [0.1, 0.15) is 0 Å². The fourth-order valence-corrected chi connectivity index (χ4v) is 1.67. The van der Waals surface area contributed by atoms with Crippen LogP contribution >= 0.6 is 24.2 Å². The molecule has 1 rings (SSSR count). The van der Waals surface area contributed by atoms with Gasteiger partial charge in [0.05, 0.1) is 6.61 Å². The number of hydrogen-bond acceptors (Lipinski definition) is 3. The molecule has 0 aromatic carbocycles. The van der Waals surface area contributed by atoms with Crippen LogP contribution in [0.5, 0.6) is 0 Å². The lowest BCUT2D eigenvalue weighted by Crippen LogP contribution is -2.39. The third-order valence-electron chi connectivity index (χ3n) is 1.22. The molecule has 0 aromatic heterocycles. The molecule has 2 N–H and O–H groups in total. The quantitative estimate of drug-likeness (QED) is 0.585. The summed E-state index contributed by atoms with van der Waals surface area (Å²) in [6.07, 6.45) is 0. The van der Waals surface area contributed by atoms with Gasteiger partial charge in [-0.1, -0.05) is 0 Å². The molecule has 0 aromatic rings. The van der Waals surface area contributed by atoms with Gasteiger partial charge in [-0.25, -0.2) is 0 Å². The van der Waals surface area contributed by atoms with E-state index >= 15 is 0 Å². The van der Waals surface area contributed by atoms with Gasteiger partial charge in [-0.3, -0.25) is 0 Å². The van der Waals surface area contributed by atoms with Crippen molar-refractivity contribution in [2.45, 2.75) is 6.04 Å². The minimum Gasteiger partial charge on any atom is -0.395 e. The highest BCUT2D eigenvalue weighted by Crippen LogP contribution is 2.05. The highest BCUT2D eigenvalue weighted by Gasteiger charge is 2.09. The first-order valence-corrected chi connectivity index (χ1v) is 4.01. The summed E-state index contributed by atoms with van der Waals surface area (Å²) in [6, 6.07) is 0.355. The maximum Gasteiger partial charge on any atom is 0.0592 e. The molecule has 1 atom stereocenters. The molecule has 4 heteroatoms. The van der Waals surface area contributed by atoms with Gasteiger partial charge >= 0.3 is 0 Å². The highest BCUT2D eigenvalue weighted by molar-refractivity contribution is 7.99. The van der Waals surface area contributed by atoms with E-state index in [1.165, 1.54) is 5.75 Å². The SMILES string of the molecule is Cl.OCC1CSCCN1. The lowest BCUT2D eigenvalue weighted by atomic mass is 10.3. The first kappa shape index (κ1) is 9.56. The highest BCUT2D eigenvalue weighted by atomic mass is 35.5. The van der Waals surface area contributed by atoms with Crippen molar-refractivity contribution in [2.24, 2.45) is 0 Å². The van der Waals surface area contributed by atoms with Crippen molar-refractivity contribution < 1.29 is 5.11 Å². The Morgan fingerprint density at radius 3 is 2.78 bits per heavy atom. The van der Waals surface area contributed by atoms with Crippen LogP contribution in [-0.2, 0) is 0 Å². The fraction of sp³-hybridized carbons (Fsp3) is 1.00. The molecule has 2 nitrogen and oxygen atoms in total. The van der Waals surface area contributed by atoms with Crippen LogP contribution in [0.2, 0.25) is 0 Å². The first-order chi connectivity index (χ1) is 3.93. The summed E-state index contributed by atoms with van der Waals surface area (Å²) in [5, 5.41) is 11.8. The maximum atomic E-state index is 8.62. The van der Waals surface area contributed by atoms with Gasteiger partial charge in [0.15, 0.2) is 0 Å². The summed E-state index contributed by atoms with van der Waals surface area (Å²) >= 11 is 1.91. The predicted molar refractivity (Wildman–Crippen MR) is 43.4 cm³/mol. The zero-order valence-electron chi connectivity index (χ0n) is 5.17. The number of hydrogen-bond donors (Lipinski definition) is 2. The van der Waals surface area contributed by atoms with Gasteiger partial charge in [0.2, 0.25) is 0 Å². The number of aliphatic hydroxyl groups is 1. The Kier molecular flexibility index (Phi) is 5.69. The predicted octanol–water partition coefficient (Wildman–Crippen LogP) is 0.105. The summed E-state index contributed by atoms with van der Waals surface area (Å²) in [6.45, 7) is 1.34. The molecule has 0 aliphatic carbocycles. The van der Waals surface area contributed by atoms with Gasteiger partial charge in [0.25, 0.3) is 0 Å². The second-order valence-corrected chi connectivity index (χ2v) is 3.06. The zero-order valence-corrected chi connectivity index (χ0v) is 6.80. The van der Waals surface area contributed by atoms with E-state index in [4.69, 9.17) is 5.11 Å². The van der Waals surface area contributed by atoms with Crippen LogP contribution in [0.3, 0.4) is 0 Å². The minimum absolute atomic E-state index is 0. The van der Waals surface area contributed by atoms with E-state index < -0.39 is 0 Å². The molecule has 56 valence electrons. The largest absolute Gasteiger partial charge is 0.395 e. The Bertz CT molecular complexity index is 68.0. The van der Waals surface area contributed by atoms with Crippen molar-refractivity contribution in [1.82, 2.24) is 5.32 Å². The summed E-state index contributed by atoms with van der Waals surface area (Å²) in [5.41, 5.74) is 0. The molecule has 1 unspecified atom stereocenters. The van der Waals surface area contributed by atoms with Crippen molar-refractivity contribution in [3.8, 4) is 0 Å². The number of rotatable bonds is 1. The van der Waals surface area contributed by atoms with E-state index in [1.54, 1.807) is 0 Å². The summed E-state index contributed by atoms with van der Waals surface area (Å²) in [7, 11) is 0. The molecular weight excluding hydrogens is 158 g/mol. The number of nitrogens with one attached hydrogen (secondary N) is 1. The molecule has 0 saturated carbocycles. The Morgan fingerprint density at radius 1 is 1.67 bits per heavy atom. The molecule has 9 heavy (non-hydrogen) atoms. The van der Waals surface area contributed by atoms with E-state index in [0.717, 1.165) is 12.3 Å². The molecule has 0 amide bonds. The molecular formula is C5H12ClNOS. The molecule has 1 saturated heterocycles. The molecule has 0 bridgehead atoms. The third-order valence-corrected chi connectivity index (χ3v) is 2.35. The molecule has 0 radical (unpaired) electrons. The van der Waals surface area contributed by atoms with E-state index in [1.807, 2.05) is 11.8 Å². The van der Waals surface area contributed by atoms with Crippen molar-refractivity contribution >= 4 is 24.2 Å². The van der Waals surface area contributed by atoms with Crippen LogP contribution in [0.25, 0.3) is 0 Å². The first-order valence-electron chi connectivity index (χ1n) is 2.85. The Balaban J connectivity index is 0.000000640. The summed E-state index contributed by atoms with van der Waals surface area (Å²) in [5.74, 6) is 2.26.